The maximum absolute atomic E-state index is 13.8. The fourth-order valence-corrected chi connectivity index (χ4v) is 4.51. The highest BCUT2D eigenvalue weighted by atomic mass is 35.5. The Morgan fingerprint density at radius 1 is 1.09 bits per heavy atom. The number of ether oxygens (including phenoxy) is 1. The highest BCUT2D eigenvalue weighted by Gasteiger charge is 2.27. The number of hydrogen-bond donors (Lipinski definition) is 1. The number of para-hydroxylation sites is 1. The van der Waals surface area contributed by atoms with E-state index in [1.165, 1.54) is 30.3 Å². The second-order valence-corrected chi connectivity index (χ2v) is 8.95. The molecule has 0 aliphatic carbocycles. The zero-order valence-electron chi connectivity index (χ0n) is 17.6. The molecule has 1 N–H and O–H groups in total. The number of anilines is 1. The summed E-state index contributed by atoms with van der Waals surface area (Å²) in [5.41, 5.74) is 2.51. The fraction of sp³-hybridized carbons (Fsp3) is 0.130. The van der Waals surface area contributed by atoms with Gasteiger partial charge in [-0.25, -0.2) is 18.2 Å². The zero-order valence-corrected chi connectivity index (χ0v) is 19.2. The van der Waals surface area contributed by atoms with Crippen molar-refractivity contribution in [1.29, 1.82) is 0 Å². The van der Waals surface area contributed by atoms with Gasteiger partial charge in [0.15, 0.2) is 0 Å². The smallest absolute Gasteiger partial charge is 0.264 e. The first-order chi connectivity index (χ1) is 15.8. The van der Waals surface area contributed by atoms with Crippen molar-refractivity contribution in [3.8, 4) is 5.75 Å². The lowest BCUT2D eigenvalue weighted by molar-refractivity contribution is -0.119. The third-order valence-corrected chi connectivity index (χ3v) is 6.55. The SMILES string of the molecule is CCOc1ccc(S(=O)(=O)N(CC(=O)N/N=C\c2c(F)cccc2Cl)c2ccccc2)cc1. The summed E-state index contributed by atoms with van der Waals surface area (Å²) in [6.07, 6.45) is 1.06. The summed E-state index contributed by atoms with van der Waals surface area (Å²) in [5.74, 6) is -0.803. The predicted octanol–water partition coefficient (Wildman–Crippen LogP) is 4.22. The van der Waals surface area contributed by atoms with Gasteiger partial charge in [-0.3, -0.25) is 9.10 Å². The van der Waals surface area contributed by atoms with Crippen molar-refractivity contribution in [2.45, 2.75) is 11.8 Å². The number of halogens is 2. The normalized spacial score (nSPS) is 11.4. The van der Waals surface area contributed by atoms with Crippen molar-refractivity contribution in [1.82, 2.24) is 5.43 Å². The van der Waals surface area contributed by atoms with Crippen LogP contribution in [0, 0.1) is 5.82 Å². The van der Waals surface area contributed by atoms with E-state index in [2.05, 4.69) is 10.5 Å². The first kappa shape index (κ1) is 24.2. The summed E-state index contributed by atoms with van der Waals surface area (Å²) in [6, 6.07) is 18.2. The van der Waals surface area contributed by atoms with E-state index in [-0.39, 0.29) is 15.5 Å². The molecule has 0 aromatic heterocycles. The molecule has 0 spiro atoms. The highest BCUT2D eigenvalue weighted by Crippen LogP contribution is 2.25. The predicted molar refractivity (Wildman–Crippen MR) is 126 cm³/mol. The number of amides is 1. The zero-order chi connectivity index (χ0) is 23.8. The molecule has 10 heteroatoms. The largest absolute Gasteiger partial charge is 0.494 e. The van der Waals surface area contributed by atoms with Gasteiger partial charge < -0.3 is 4.74 Å². The van der Waals surface area contributed by atoms with Crippen LogP contribution in [0.2, 0.25) is 5.02 Å². The average Bonchev–Trinajstić information content (AvgIpc) is 2.80. The molecule has 0 bridgehead atoms. The van der Waals surface area contributed by atoms with E-state index < -0.39 is 28.3 Å². The number of nitrogens with zero attached hydrogens (tertiary/aromatic N) is 2. The number of benzene rings is 3. The maximum atomic E-state index is 13.8. The molecule has 0 saturated heterocycles. The first-order valence-corrected chi connectivity index (χ1v) is 11.7. The van der Waals surface area contributed by atoms with E-state index in [9.17, 15) is 17.6 Å². The average molecular weight is 490 g/mol. The molecule has 3 aromatic carbocycles. The Kier molecular flexibility index (Phi) is 8.02. The molecule has 0 unspecified atom stereocenters. The topological polar surface area (TPSA) is 88.1 Å². The Bertz CT molecular complexity index is 1220. The lowest BCUT2D eigenvalue weighted by atomic mass is 10.2. The van der Waals surface area contributed by atoms with Crippen LogP contribution < -0.4 is 14.5 Å². The van der Waals surface area contributed by atoms with Crippen LogP contribution in [0.1, 0.15) is 12.5 Å². The van der Waals surface area contributed by atoms with Crippen molar-refractivity contribution in [2.75, 3.05) is 17.5 Å². The van der Waals surface area contributed by atoms with Crippen LogP contribution in [0.25, 0.3) is 0 Å². The number of rotatable bonds is 9. The van der Waals surface area contributed by atoms with E-state index >= 15 is 0 Å². The van der Waals surface area contributed by atoms with Crippen LogP contribution in [0.15, 0.2) is 82.8 Å². The summed E-state index contributed by atoms with van der Waals surface area (Å²) in [6.45, 7) is 1.71. The van der Waals surface area contributed by atoms with E-state index in [1.807, 2.05) is 6.92 Å². The quantitative estimate of drug-likeness (QED) is 0.360. The van der Waals surface area contributed by atoms with E-state index in [0.29, 0.717) is 18.0 Å². The molecule has 0 aliphatic rings. The summed E-state index contributed by atoms with van der Waals surface area (Å²) in [4.78, 5) is 12.5. The standard InChI is InChI=1S/C23H21ClFN3O4S/c1-2-32-18-11-13-19(14-12-18)33(30,31)28(17-7-4-3-5-8-17)16-23(29)27-26-15-20-21(24)9-6-10-22(20)25/h3-15H,2,16H2,1H3,(H,27,29)/b26-15-. The second kappa shape index (κ2) is 10.9. The third-order valence-electron chi connectivity index (χ3n) is 4.44. The fourth-order valence-electron chi connectivity index (χ4n) is 2.88. The lowest BCUT2D eigenvalue weighted by Crippen LogP contribution is -2.39. The number of hydrazone groups is 1. The molecular weight excluding hydrogens is 469 g/mol. The lowest BCUT2D eigenvalue weighted by Gasteiger charge is -2.23. The van der Waals surface area contributed by atoms with Gasteiger partial charge in [0.25, 0.3) is 15.9 Å². The number of hydrogen-bond acceptors (Lipinski definition) is 5. The van der Waals surface area contributed by atoms with E-state index in [0.717, 1.165) is 10.5 Å². The second-order valence-electron chi connectivity index (χ2n) is 6.68. The van der Waals surface area contributed by atoms with Gasteiger partial charge in [0.05, 0.1) is 28.4 Å². The van der Waals surface area contributed by atoms with Crippen molar-refractivity contribution >= 4 is 39.4 Å². The Morgan fingerprint density at radius 2 is 1.79 bits per heavy atom. The minimum absolute atomic E-state index is 0.00129. The maximum Gasteiger partial charge on any atom is 0.264 e. The monoisotopic (exact) mass is 489 g/mol. The van der Waals surface area contributed by atoms with Gasteiger partial charge >= 0.3 is 0 Å². The van der Waals surface area contributed by atoms with Crippen molar-refractivity contribution < 1.29 is 22.3 Å². The molecule has 3 rings (SSSR count). The van der Waals surface area contributed by atoms with Crippen molar-refractivity contribution in [2.24, 2.45) is 5.10 Å². The molecule has 33 heavy (non-hydrogen) atoms. The molecule has 0 saturated carbocycles. The van der Waals surface area contributed by atoms with Gasteiger partial charge in [0.1, 0.15) is 18.1 Å². The van der Waals surface area contributed by atoms with Gasteiger partial charge in [-0.1, -0.05) is 35.9 Å². The minimum atomic E-state index is -4.09. The van der Waals surface area contributed by atoms with Gasteiger partial charge in [0, 0.05) is 5.56 Å². The molecule has 0 heterocycles. The van der Waals surface area contributed by atoms with Crippen LogP contribution in [-0.4, -0.2) is 33.7 Å². The van der Waals surface area contributed by atoms with E-state index in [4.69, 9.17) is 16.3 Å². The minimum Gasteiger partial charge on any atom is -0.494 e. The number of nitrogens with one attached hydrogen (secondary N) is 1. The van der Waals surface area contributed by atoms with Crippen molar-refractivity contribution in [3.63, 3.8) is 0 Å². The number of carbonyl (C=O) groups is 1. The van der Waals surface area contributed by atoms with Crippen molar-refractivity contribution in [3.05, 3.63) is 89.2 Å². The van der Waals surface area contributed by atoms with Gasteiger partial charge in [0.2, 0.25) is 0 Å². The molecule has 172 valence electrons. The molecule has 0 atom stereocenters. The summed E-state index contributed by atoms with van der Waals surface area (Å²) in [7, 11) is -4.09. The van der Waals surface area contributed by atoms with Gasteiger partial charge in [-0.2, -0.15) is 5.10 Å². The van der Waals surface area contributed by atoms with Gasteiger partial charge in [-0.15, -0.1) is 0 Å². The van der Waals surface area contributed by atoms with Gasteiger partial charge in [-0.05, 0) is 55.5 Å². The Balaban J connectivity index is 1.82. The van der Waals surface area contributed by atoms with Crippen LogP contribution >= 0.6 is 11.6 Å². The highest BCUT2D eigenvalue weighted by molar-refractivity contribution is 7.92. The first-order valence-electron chi connectivity index (χ1n) is 9.89. The molecule has 0 fully saturated rings. The Labute approximate surface area is 196 Å². The summed E-state index contributed by atoms with van der Waals surface area (Å²) in [5, 5.41) is 3.83. The molecule has 0 aliphatic heterocycles. The summed E-state index contributed by atoms with van der Waals surface area (Å²) >= 11 is 5.93. The van der Waals surface area contributed by atoms with Crippen LogP contribution in [0.5, 0.6) is 5.75 Å². The number of carbonyl (C=O) groups excluding carboxylic acids is 1. The molecule has 1 amide bonds. The van der Waals surface area contributed by atoms with Crippen LogP contribution in [0.3, 0.4) is 0 Å². The number of sulfonamides is 1. The van der Waals surface area contributed by atoms with Crippen LogP contribution in [-0.2, 0) is 14.8 Å². The molecule has 3 aromatic rings. The third kappa shape index (κ3) is 6.09. The van der Waals surface area contributed by atoms with Crippen LogP contribution in [0.4, 0.5) is 10.1 Å². The Morgan fingerprint density at radius 3 is 2.42 bits per heavy atom. The molecular formula is C23H21ClFN3O4S. The Hall–Kier alpha value is -3.43. The molecule has 0 radical (unpaired) electrons. The molecule has 7 nitrogen and oxygen atoms in total. The van der Waals surface area contributed by atoms with E-state index in [1.54, 1.807) is 42.5 Å². The summed E-state index contributed by atoms with van der Waals surface area (Å²) < 4.78 is 46.8.